The number of aromatic amines is 1. The van der Waals surface area contributed by atoms with Crippen molar-refractivity contribution in [2.75, 3.05) is 41.4 Å². The quantitative estimate of drug-likeness (QED) is 0.417. The van der Waals surface area contributed by atoms with E-state index < -0.39 is 30.8 Å². The number of nitrogens with zero attached hydrogens (tertiary/aromatic N) is 5. The Morgan fingerprint density at radius 2 is 1.97 bits per heavy atom. The van der Waals surface area contributed by atoms with Crippen molar-refractivity contribution in [1.82, 2.24) is 25.5 Å². The Kier molecular flexibility index (Phi) is 6.97. The summed E-state index contributed by atoms with van der Waals surface area (Å²) in [5.41, 5.74) is 1.51. The van der Waals surface area contributed by atoms with Crippen LogP contribution in [0.15, 0.2) is 24.3 Å². The summed E-state index contributed by atoms with van der Waals surface area (Å²) in [6, 6.07) is 3.37. The number of urea groups is 1. The minimum absolute atomic E-state index is 0.126. The van der Waals surface area contributed by atoms with Crippen molar-refractivity contribution in [3.8, 4) is 0 Å². The number of alkyl halides is 3. The molecule has 14 heteroatoms. The van der Waals surface area contributed by atoms with Crippen molar-refractivity contribution in [2.24, 2.45) is 0 Å². The maximum absolute atomic E-state index is 13.3. The molecule has 192 valence electrons. The number of hydrogen-bond acceptors (Lipinski definition) is 7. The highest BCUT2D eigenvalue weighted by Crippen LogP contribution is 2.32. The van der Waals surface area contributed by atoms with Gasteiger partial charge in [-0.1, -0.05) is 0 Å². The second kappa shape index (κ2) is 9.97. The number of pyridine rings is 2. The Hall–Kier alpha value is -3.94. The summed E-state index contributed by atoms with van der Waals surface area (Å²) in [4.78, 5) is 37.8. The third-order valence-electron chi connectivity index (χ3n) is 5.79. The molecule has 11 nitrogen and oxygen atoms in total. The number of nitrogens with one attached hydrogen (secondary N) is 3. The number of amides is 3. The first kappa shape index (κ1) is 25.2. The highest BCUT2D eigenvalue weighted by atomic mass is 19.4. The van der Waals surface area contributed by atoms with E-state index in [1.54, 1.807) is 23.5 Å². The molecule has 0 bridgehead atoms. The van der Waals surface area contributed by atoms with Crippen molar-refractivity contribution in [3.05, 3.63) is 35.7 Å². The third-order valence-corrected chi connectivity index (χ3v) is 5.79. The minimum Gasteiger partial charge on any atom is -0.394 e. The first-order chi connectivity index (χ1) is 17.1. The van der Waals surface area contributed by atoms with E-state index in [1.807, 2.05) is 18.7 Å². The first-order valence-corrected chi connectivity index (χ1v) is 11.3. The number of rotatable bonds is 5. The van der Waals surface area contributed by atoms with E-state index in [2.05, 4.69) is 25.5 Å². The van der Waals surface area contributed by atoms with Gasteiger partial charge in [0.2, 0.25) is 0 Å². The van der Waals surface area contributed by atoms with Gasteiger partial charge in [0, 0.05) is 25.3 Å². The summed E-state index contributed by atoms with van der Waals surface area (Å²) in [6.07, 6.45) is -4.25. The van der Waals surface area contributed by atoms with Crippen LogP contribution in [-0.4, -0.2) is 75.7 Å². The van der Waals surface area contributed by atoms with E-state index in [0.717, 1.165) is 5.69 Å². The van der Waals surface area contributed by atoms with Crippen LogP contribution in [0.4, 0.5) is 35.3 Å². The Morgan fingerprint density at radius 3 is 2.67 bits per heavy atom. The number of carbonyl (C=O) groups excluding carboxylic acids is 2. The number of aromatic nitrogens is 4. The number of aliphatic hydroxyl groups excluding tert-OH is 1. The van der Waals surface area contributed by atoms with Crippen LogP contribution in [0.2, 0.25) is 0 Å². The smallest absolute Gasteiger partial charge is 0.394 e. The zero-order valence-corrected chi connectivity index (χ0v) is 19.6. The number of aryl methyl sites for hydroxylation is 1. The van der Waals surface area contributed by atoms with Crippen LogP contribution in [0.25, 0.3) is 11.0 Å². The Labute approximate surface area is 203 Å². The van der Waals surface area contributed by atoms with Crippen LogP contribution in [0, 0.1) is 6.92 Å². The number of hydrogen-bond donors (Lipinski definition) is 4. The monoisotopic (exact) mass is 506 g/mol. The summed E-state index contributed by atoms with van der Waals surface area (Å²) in [6.45, 7) is 3.86. The molecule has 0 saturated heterocycles. The number of aliphatic hydroxyl groups is 1. The van der Waals surface area contributed by atoms with Crippen LogP contribution in [0.3, 0.4) is 0 Å². The van der Waals surface area contributed by atoms with Gasteiger partial charge in [0.25, 0.3) is 5.91 Å². The van der Waals surface area contributed by atoms with Crippen LogP contribution in [0.5, 0.6) is 0 Å². The number of halogens is 3. The molecule has 0 saturated carbocycles. The zero-order valence-electron chi connectivity index (χ0n) is 19.6. The lowest BCUT2D eigenvalue weighted by Gasteiger charge is -2.25. The van der Waals surface area contributed by atoms with Gasteiger partial charge in [-0.2, -0.15) is 18.3 Å². The molecule has 3 aromatic rings. The number of carbonyl (C=O) groups is 2. The minimum atomic E-state index is -4.83. The predicted molar refractivity (Wildman–Crippen MR) is 126 cm³/mol. The highest BCUT2D eigenvalue weighted by Gasteiger charge is 2.40. The molecule has 3 amide bonds. The van der Waals surface area contributed by atoms with E-state index in [9.17, 15) is 22.8 Å². The van der Waals surface area contributed by atoms with Crippen molar-refractivity contribution in [2.45, 2.75) is 32.5 Å². The van der Waals surface area contributed by atoms with Crippen molar-refractivity contribution < 1.29 is 27.9 Å². The number of H-pyrrole nitrogens is 1. The molecule has 36 heavy (non-hydrogen) atoms. The lowest BCUT2D eigenvalue weighted by molar-refractivity contribution is -0.161. The molecular formula is C22H25F3N8O3. The van der Waals surface area contributed by atoms with E-state index in [1.165, 1.54) is 11.0 Å². The Bertz CT molecular complexity index is 1280. The van der Waals surface area contributed by atoms with Gasteiger partial charge in [-0.25, -0.2) is 14.8 Å². The fourth-order valence-electron chi connectivity index (χ4n) is 3.91. The van der Waals surface area contributed by atoms with Crippen molar-refractivity contribution in [1.29, 1.82) is 0 Å². The fourth-order valence-corrected chi connectivity index (χ4v) is 3.91. The lowest BCUT2D eigenvalue weighted by Crippen LogP contribution is -2.48. The standard InChI is InChI=1S/C22H25F3N8O3/c1-3-32-9-4-10-33(21(36)29-18-13-6-5-12(2)26-17(13)30-31-18)19-15(32)8-7-14(27-19)20(35)28-16(11-34)22(23,24)25/h5-8,16,34H,3-4,9-11H2,1-2H3,(H,28,35)(H2,26,29,30,31,36). The first-order valence-electron chi connectivity index (χ1n) is 11.3. The molecule has 0 aromatic carbocycles. The Morgan fingerprint density at radius 1 is 1.19 bits per heavy atom. The summed E-state index contributed by atoms with van der Waals surface area (Å²) >= 11 is 0. The van der Waals surface area contributed by atoms with E-state index in [0.29, 0.717) is 36.2 Å². The summed E-state index contributed by atoms with van der Waals surface area (Å²) in [5.74, 6) is -0.743. The molecule has 1 aliphatic heterocycles. The van der Waals surface area contributed by atoms with E-state index in [4.69, 9.17) is 5.11 Å². The molecule has 0 aliphatic carbocycles. The highest BCUT2D eigenvalue weighted by molar-refractivity contribution is 6.07. The fraction of sp³-hybridized carbons (Fsp3) is 0.409. The zero-order chi connectivity index (χ0) is 26.0. The largest absolute Gasteiger partial charge is 0.410 e. The van der Waals surface area contributed by atoms with Gasteiger partial charge in [-0.3, -0.25) is 20.1 Å². The lowest BCUT2D eigenvalue weighted by atomic mass is 10.2. The molecule has 1 aliphatic rings. The topological polar surface area (TPSA) is 139 Å². The van der Waals surface area contributed by atoms with Gasteiger partial charge < -0.3 is 15.3 Å². The summed E-state index contributed by atoms with van der Waals surface area (Å²) < 4.78 is 39.1. The van der Waals surface area contributed by atoms with Crippen molar-refractivity contribution in [3.63, 3.8) is 0 Å². The molecule has 4 heterocycles. The third kappa shape index (κ3) is 5.03. The molecule has 0 spiro atoms. The van der Waals surface area contributed by atoms with Crippen LogP contribution < -0.4 is 20.4 Å². The van der Waals surface area contributed by atoms with Gasteiger partial charge in [0.05, 0.1) is 17.7 Å². The second-order valence-corrected chi connectivity index (χ2v) is 8.23. The molecule has 4 N–H and O–H groups in total. The van der Waals surface area contributed by atoms with Gasteiger partial charge in [0.15, 0.2) is 17.3 Å². The van der Waals surface area contributed by atoms with Gasteiger partial charge >= 0.3 is 12.2 Å². The van der Waals surface area contributed by atoms with Crippen LogP contribution in [-0.2, 0) is 0 Å². The molecule has 0 fully saturated rings. The maximum Gasteiger partial charge on any atom is 0.410 e. The molecule has 4 rings (SSSR count). The average Bonchev–Trinajstić information content (AvgIpc) is 3.12. The van der Waals surface area contributed by atoms with Gasteiger partial charge in [0.1, 0.15) is 11.7 Å². The SMILES string of the molecule is CCN1CCCN(C(=O)Nc2n[nH]c3nc(C)ccc23)c2nc(C(=O)NC(CO)C(F)(F)F)ccc21. The molecular weight excluding hydrogens is 481 g/mol. The summed E-state index contributed by atoms with van der Waals surface area (Å²) in [7, 11) is 0. The van der Waals surface area contributed by atoms with E-state index in [-0.39, 0.29) is 23.9 Å². The predicted octanol–water partition coefficient (Wildman–Crippen LogP) is 2.58. The molecule has 3 aromatic heterocycles. The number of anilines is 3. The van der Waals surface area contributed by atoms with Crippen LogP contribution in [0.1, 0.15) is 29.5 Å². The van der Waals surface area contributed by atoms with E-state index >= 15 is 0 Å². The van der Waals surface area contributed by atoms with Crippen molar-refractivity contribution >= 4 is 40.3 Å². The van der Waals surface area contributed by atoms with Gasteiger partial charge in [-0.05, 0) is 44.5 Å². The Balaban J connectivity index is 1.66. The molecule has 0 radical (unpaired) electrons. The maximum atomic E-state index is 13.3. The van der Waals surface area contributed by atoms with Gasteiger partial charge in [-0.15, -0.1) is 0 Å². The second-order valence-electron chi connectivity index (χ2n) is 8.23. The number of fused-ring (bicyclic) bond motifs is 2. The van der Waals surface area contributed by atoms with Crippen LogP contribution >= 0.6 is 0 Å². The molecule has 1 unspecified atom stereocenters. The average molecular weight is 506 g/mol. The normalized spacial score (nSPS) is 14.8. The molecule has 1 atom stereocenters. The summed E-state index contributed by atoms with van der Waals surface area (Å²) in [5, 5.41) is 21.0.